The van der Waals surface area contributed by atoms with Crippen molar-refractivity contribution in [2.75, 3.05) is 66.7 Å². The van der Waals surface area contributed by atoms with E-state index in [0.717, 1.165) is 45.0 Å². The first-order valence-electron chi connectivity index (χ1n) is 10.1. The van der Waals surface area contributed by atoms with Gasteiger partial charge in [-0.05, 0) is 37.3 Å². The number of nitrogens with one attached hydrogen (secondary N) is 2. The van der Waals surface area contributed by atoms with Crippen molar-refractivity contribution in [3.05, 3.63) is 35.9 Å². The highest BCUT2D eigenvalue weighted by molar-refractivity contribution is 14.0. The molecular weight excluding hydrogens is 467 g/mol. The number of hydrogen-bond acceptors (Lipinski definition) is 4. The predicted molar refractivity (Wildman–Crippen MR) is 127 cm³/mol. The highest BCUT2D eigenvalue weighted by Crippen LogP contribution is 2.15. The van der Waals surface area contributed by atoms with Crippen molar-refractivity contribution < 1.29 is 9.47 Å². The lowest BCUT2D eigenvalue weighted by Gasteiger charge is -2.17. The molecule has 28 heavy (non-hydrogen) atoms. The van der Waals surface area contributed by atoms with Crippen molar-refractivity contribution >= 4 is 29.9 Å². The summed E-state index contributed by atoms with van der Waals surface area (Å²) in [7, 11) is 3.51. The summed E-state index contributed by atoms with van der Waals surface area (Å²) in [5.41, 5.74) is 1.43. The fourth-order valence-corrected chi connectivity index (χ4v) is 3.30. The Kier molecular flexibility index (Phi) is 14.3. The van der Waals surface area contributed by atoms with Gasteiger partial charge < -0.3 is 25.0 Å². The minimum Gasteiger partial charge on any atom is -0.382 e. The van der Waals surface area contributed by atoms with E-state index in [-0.39, 0.29) is 24.0 Å². The van der Waals surface area contributed by atoms with Crippen molar-refractivity contribution in [2.24, 2.45) is 10.9 Å². The van der Waals surface area contributed by atoms with Gasteiger partial charge in [-0.25, -0.2) is 0 Å². The smallest absolute Gasteiger partial charge is 0.190 e. The van der Waals surface area contributed by atoms with Crippen molar-refractivity contribution in [3.8, 4) is 0 Å². The van der Waals surface area contributed by atoms with Crippen molar-refractivity contribution in [2.45, 2.75) is 19.3 Å². The molecular formula is C21H37IN4O2. The zero-order valence-corrected chi connectivity index (χ0v) is 19.7. The molecule has 1 aliphatic rings. The first-order valence-corrected chi connectivity index (χ1v) is 10.1. The van der Waals surface area contributed by atoms with Crippen LogP contribution in [0, 0.1) is 5.92 Å². The summed E-state index contributed by atoms with van der Waals surface area (Å²) in [6, 6.07) is 10.8. The molecule has 0 saturated carbocycles. The molecule has 0 aliphatic carbocycles. The second-order valence-corrected chi connectivity index (χ2v) is 7.03. The minimum absolute atomic E-state index is 0. The predicted octanol–water partition coefficient (Wildman–Crippen LogP) is 2.39. The quantitative estimate of drug-likeness (QED) is 0.198. The number of ether oxygens (including phenoxy) is 2. The van der Waals surface area contributed by atoms with Crippen LogP contribution in [0.25, 0.3) is 0 Å². The number of rotatable bonds is 12. The third kappa shape index (κ3) is 10.6. The van der Waals surface area contributed by atoms with Crippen molar-refractivity contribution in [3.63, 3.8) is 0 Å². The van der Waals surface area contributed by atoms with Crippen LogP contribution in [-0.2, 0) is 15.9 Å². The molecule has 1 aliphatic heterocycles. The maximum absolute atomic E-state index is 5.47. The molecule has 1 atom stereocenters. The van der Waals surface area contributed by atoms with Crippen LogP contribution in [0.2, 0.25) is 0 Å². The molecule has 1 unspecified atom stereocenters. The third-order valence-electron chi connectivity index (χ3n) is 4.90. The molecule has 0 bridgehead atoms. The summed E-state index contributed by atoms with van der Waals surface area (Å²) in [4.78, 5) is 6.89. The average Bonchev–Trinajstić information content (AvgIpc) is 3.16. The molecule has 1 aromatic carbocycles. The zero-order chi connectivity index (χ0) is 19.2. The van der Waals surface area contributed by atoms with Gasteiger partial charge in [0.1, 0.15) is 0 Å². The second-order valence-electron chi connectivity index (χ2n) is 7.03. The van der Waals surface area contributed by atoms with Gasteiger partial charge in [0, 0.05) is 46.9 Å². The SMILES string of the molecule is CN=C(NCCCOCCOC)NCC1CCN(CCc2ccccc2)C1.I. The molecule has 1 saturated heterocycles. The molecule has 7 heteroatoms. The Hall–Kier alpha value is -0.900. The van der Waals surface area contributed by atoms with Crippen molar-refractivity contribution in [1.29, 1.82) is 0 Å². The largest absolute Gasteiger partial charge is 0.382 e. The number of guanidine groups is 1. The monoisotopic (exact) mass is 504 g/mol. The van der Waals surface area contributed by atoms with Crippen LogP contribution in [0.4, 0.5) is 0 Å². The molecule has 0 amide bonds. The van der Waals surface area contributed by atoms with Crippen LogP contribution in [0.1, 0.15) is 18.4 Å². The Labute approximate surface area is 187 Å². The normalized spacial score (nSPS) is 17.4. The summed E-state index contributed by atoms with van der Waals surface area (Å²) in [6.07, 6.45) is 3.35. The second kappa shape index (κ2) is 16.0. The van der Waals surface area contributed by atoms with Crippen LogP contribution >= 0.6 is 24.0 Å². The van der Waals surface area contributed by atoms with E-state index in [9.17, 15) is 0 Å². The Bertz CT molecular complexity index is 530. The van der Waals surface area contributed by atoms with E-state index in [0.29, 0.717) is 19.1 Å². The van der Waals surface area contributed by atoms with E-state index in [1.54, 1.807) is 7.11 Å². The van der Waals surface area contributed by atoms with Crippen LogP contribution in [0.5, 0.6) is 0 Å². The lowest BCUT2D eigenvalue weighted by atomic mass is 10.1. The van der Waals surface area contributed by atoms with Gasteiger partial charge in [0.25, 0.3) is 0 Å². The van der Waals surface area contributed by atoms with E-state index in [1.807, 2.05) is 7.05 Å². The molecule has 2 rings (SSSR count). The number of benzene rings is 1. The first-order chi connectivity index (χ1) is 13.3. The number of likely N-dealkylation sites (tertiary alicyclic amines) is 1. The van der Waals surface area contributed by atoms with Gasteiger partial charge in [-0.2, -0.15) is 0 Å². The summed E-state index contributed by atoms with van der Waals surface area (Å²) < 4.78 is 10.4. The van der Waals surface area contributed by atoms with Crippen LogP contribution in [0.3, 0.4) is 0 Å². The number of methoxy groups -OCH3 is 1. The summed E-state index contributed by atoms with van der Waals surface area (Å²) in [6.45, 7) is 7.41. The summed E-state index contributed by atoms with van der Waals surface area (Å²) >= 11 is 0. The number of halogens is 1. The third-order valence-corrected chi connectivity index (χ3v) is 4.90. The molecule has 0 radical (unpaired) electrons. The van der Waals surface area contributed by atoms with Gasteiger partial charge >= 0.3 is 0 Å². The van der Waals surface area contributed by atoms with Gasteiger partial charge in [-0.15, -0.1) is 24.0 Å². The molecule has 160 valence electrons. The van der Waals surface area contributed by atoms with Gasteiger partial charge in [0.05, 0.1) is 13.2 Å². The van der Waals surface area contributed by atoms with E-state index in [1.165, 1.54) is 25.1 Å². The Morgan fingerprint density at radius 3 is 2.75 bits per heavy atom. The molecule has 6 nitrogen and oxygen atoms in total. The van der Waals surface area contributed by atoms with E-state index in [4.69, 9.17) is 9.47 Å². The average molecular weight is 504 g/mol. The molecule has 1 aromatic rings. The Morgan fingerprint density at radius 2 is 2.00 bits per heavy atom. The Balaban J connectivity index is 0.00000392. The number of nitrogens with zero attached hydrogens (tertiary/aromatic N) is 2. The van der Waals surface area contributed by atoms with Crippen LogP contribution in [-0.4, -0.2) is 77.6 Å². The van der Waals surface area contributed by atoms with Gasteiger partial charge in [0.15, 0.2) is 5.96 Å². The van der Waals surface area contributed by atoms with E-state index < -0.39 is 0 Å². The molecule has 1 heterocycles. The lowest BCUT2D eigenvalue weighted by molar-refractivity contribution is 0.0698. The molecule has 0 spiro atoms. The topological polar surface area (TPSA) is 58.1 Å². The summed E-state index contributed by atoms with van der Waals surface area (Å²) in [5.74, 6) is 1.58. The maximum atomic E-state index is 5.47. The first kappa shape index (κ1) is 25.1. The maximum Gasteiger partial charge on any atom is 0.190 e. The van der Waals surface area contributed by atoms with Crippen LogP contribution in [0.15, 0.2) is 35.3 Å². The van der Waals surface area contributed by atoms with Gasteiger partial charge in [-0.3, -0.25) is 4.99 Å². The standard InChI is InChI=1S/C21H36N4O2.HI/c1-22-21(23-11-6-14-27-16-15-26-2)24-17-20-10-13-25(18-20)12-9-19-7-4-3-5-8-19;/h3-5,7-8,20H,6,9-18H2,1-2H3,(H2,22,23,24);1H. The fourth-order valence-electron chi connectivity index (χ4n) is 3.30. The van der Waals surface area contributed by atoms with E-state index in [2.05, 4.69) is 50.9 Å². The Morgan fingerprint density at radius 1 is 1.18 bits per heavy atom. The number of aliphatic imine (C=N–C) groups is 1. The van der Waals surface area contributed by atoms with Gasteiger partial charge in [-0.1, -0.05) is 30.3 Å². The fraction of sp³-hybridized carbons (Fsp3) is 0.667. The lowest BCUT2D eigenvalue weighted by Crippen LogP contribution is -2.40. The van der Waals surface area contributed by atoms with Crippen molar-refractivity contribution in [1.82, 2.24) is 15.5 Å². The number of hydrogen-bond donors (Lipinski definition) is 2. The van der Waals surface area contributed by atoms with Crippen LogP contribution < -0.4 is 10.6 Å². The highest BCUT2D eigenvalue weighted by atomic mass is 127. The van der Waals surface area contributed by atoms with Gasteiger partial charge in [0.2, 0.25) is 0 Å². The summed E-state index contributed by atoms with van der Waals surface area (Å²) in [5, 5.41) is 6.82. The molecule has 2 N–H and O–H groups in total. The zero-order valence-electron chi connectivity index (χ0n) is 17.4. The minimum atomic E-state index is 0. The molecule has 0 aromatic heterocycles. The van der Waals surface area contributed by atoms with E-state index >= 15 is 0 Å². The highest BCUT2D eigenvalue weighted by Gasteiger charge is 2.22. The molecule has 1 fully saturated rings.